The minimum atomic E-state index is -1.19. The summed E-state index contributed by atoms with van der Waals surface area (Å²) in [7, 11) is 0. The summed E-state index contributed by atoms with van der Waals surface area (Å²) in [6, 6.07) is 10.4. The first-order chi connectivity index (χ1) is 16.8. The van der Waals surface area contributed by atoms with Crippen molar-refractivity contribution >= 4 is 47.2 Å². The molecule has 0 aromatic heterocycles. The van der Waals surface area contributed by atoms with Crippen molar-refractivity contribution < 1.29 is 24.3 Å². The number of likely N-dealkylation sites (tertiary alicyclic amines) is 1. The molecule has 0 radical (unpaired) electrons. The molecule has 0 bridgehead atoms. The highest BCUT2D eigenvalue weighted by atomic mass is 35.5. The lowest BCUT2D eigenvalue weighted by Crippen LogP contribution is -2.54. The Labute approximate surface area is 206 Å². The SMILES string of the molecule is O=C[C@@H](NC(=O)c1ccc(NC(=O)O)cc1)C(C1CC1)N1CCC2(C1)C(=O)Nc1ccc(Cl)cc12. The largest absolute Gasteiger partial charge is 0.465 e. The van der Waals surface area contributed by atoms with Crippen LogP contribution in [-0.2, 0) is 15.0 Å². The van der Waals surface area contributed by atoms with Crippen LogP contribution < -0.4 is 16.0 Å². The third-order valence-electron chi connectivity index (χ3n) is 7.22. The first-order valence-electron chi connectivity index (χ1n) is 11.5. The van der Waals surface area contributed by atoms with E-state index in [2.05, 4.69) is 20.9 Å². The van der Waals surface area contributed by atoms with Gasteiger partial charge in [0.05, 0.1) is 5.41 Å². The monoisotopic (exact) mass is 496 g/mol. The Kier molecular flexibility index (Phi) is 5.98. The van der Waals surface area contributed by atoms with Crippen molar-refractivity contribution in [3.63, 3.8) is 0 Å². The Hall–Kier alpha value is -3.43. The number of fused-ring (bicyclic) bond motifs is 2. The van der Waals surface area contributed by atoms with Crippen LogP contribution in [0.4, 0.5) is 16.2 Å². The van der Waals surface area contributed by atoms with E-state index in [4.69, 9.17) is 16.7 Å². The van der Waals surface area contributed by atoms with Gasteiger partial charge in [0, 0.05) is 34.5 Å². The number of benzene rings is 2. The lowest BCUT2D eigenvalue weighted by atomic mass is 9.81. The first kappa shape index (κ1) is 23.3. The van der Waals surface area contributed by atoms with E-state index in [0.717, 1.165) is 30.4 Å². The van der Waals surface area contributed by atoms with Gasteiger partial charge in [-0.3, -0.25) is 19.8 Å². The molecule has 2 fully saturated rings. The molecule has 9 nitrogen and oxygen atoms in total. The number of hydrogen-bond acceptors (Lipinski definition) is 5. The Morgan fingerprint density at radius 2 is 1.94 bits per heavy atom. The molecule has 1 saturated carbocycles. The van der Waals surface area contributed by atoms with Gasteiger partial charge in [0.2, 0.25) is 5.91 Å². The number of halogens is 1. The summed E-state index contributed by atoms with van der Waals surface area (Å²) in [5.41, 5.74) is 1.59. The molecule has 2 unspecified atom stereocenters. The zero-order valence-electron chi connectivity index (χ0n) is 18.8. The first-order valence-corrected chi connectivity index (χ1v) is 11.9. The molecular formula is C25H25ClN4O5. The number of carbonyl (C=O) groups is 4. The quantitative estimate of drug-likeness (QED) is 0.436. The maximum Gasteiger partial charge on any atom is 0.409 e. The number of amides is 3. The number of nitrogens with zero attached hydrogens (tertiary/aromatic N) is 1. The predicted molar refractivity (Wildman–Crippen MR) is 130 cm³/mol. The average Bonchev–Trinajstić information content (AvgIpc) is 3.50. The normalized spacial score (nSPS) is 22.8. The molecule has 2 aromatic rings. The van der Waals surface area contributed by atoms with Crippen LogP contribution in [0.1, 0.15) is 35.2 Å². The molecule has 2 heterocycles. The fourth-order valence-corrected chi connectivity index (χ4v) is 5.58. The second-order valence-electron chi connectivity index (χ2n) is 9.42. The second-order valence-corrected chi connectivity index (χ2v) is 9.85. The van der Waals surface area contributed by atoms with E-state index in [1.54, 1.807) is 6.07 Å². The number of rotatable bonds is 7. The summed E-state index contributed by atoms with van der Waals surface area (Å²) in [4.78, 5) is 51.1. The Bertz CT molecular complexity index is 1200. The van der Waals surface area contributed by atoms with Crippen LogP contribution >= 0.6 is 11.6 Å². The minimum Gasteiger partial charge on any atom is -0.465 e. The highest BCUT2D eigenvalue weighted by Gasteiger charge is 2.54. The summed E-state index contributed by atoms with van der Waals surface area (Å²) in [6.07, 6.45) is 2.09. The van der Waals surface area contributed by atoms with E-state index in [1.807, 2.05) is 12.1 Å². The van der Waals surface area contributed by atoms with Crippen molar-refractivity contribution in [2.75, 3.05) is 23.7 Å². The zero-order valence-corrected chi connectivity index (χ0v) is 19.5. The molecule has 5 rings (SSSR count). The summed E-state index contributed by atoms with van der Waals surface area (Å²) < 4.78 is 0. The fourth-order valence-electron chi connectivity index (χ4n) is 5.40. The van der Waals surface area contributed by atoms with E-state index in [0.29, 0.717) is 35.8 Å². The van der Waals surface area contributed by atoms with Gasteiger partial charge in [-0.2, -0.15) is 0 Å². The van der Waals surface area contributed by atoms with Gasteiger partial charge in [0.1, 0.15) is 12.3 Å². The number of aldehydes is 1. The highest BCUT2D eigenvalue weighted by Crippen LogP contribution is 2.47. The molecule has 3 amide bonds. The van der Waals surface area contributed by atoms with Gasteiger partial charge in [-0.1, -0.05) is 11.6 Å². The van der Waals surface area contributed by atoms with E-state index in [1.165, 1.54) is 24.3 Å². The van der Waals surface area contributed by atoms with Crippen molar-refractivity contribution in [1.29, 1.82) is 0 Å². The molecule has 35 heavy (non-hydrogen) atoms. The van der Waals surface area contributed by atoms with E-state index in [-0.39, 0.29) is 17.9 Å². The Balaban J connectivity index is 1.34. The molecule has 3 atom stereocenters. The zero-order chi connectivity index (χ0) is 24.7. The molecule has 4 N–H and O–H groups in total. The van der Waals surface area contributed by atoms with Gasteiger partial charge in [-0.05, 0) is 79.8 Å². The van der Waals surface area contributed by atoms with Crippen LogP contribution in [-0.4, -0.2) is 59.4 Å². The maximum atomic E-state index is 13.1. The van der Waals surface area contributed by atoms with Crippen LogP contribution in [0, 0.1) is 5.92 Å². The highest BCUT2D eigenvalue weighted by molar-refractivity contribution is 6.31. The molecule has 2 aromatic carbocycles. The van der Waals surface area contributed by atoms with Crippen molar-refractivity contribution in [1.82, 2.24) is 10.2 Å². The average molecular weight is 497 g/mol. The number of hydrogen-bond donors (Lipinski definition) is 4. The summed E-state index contributed by atoms with van der Waals surface area (Å²) in [5.74, 6) is -0.223. The molecule has 182 valence electrons. The lowest BCUT2D eigenvalue weighted by Gasteiger charge is -2.33. The standard InChI is InChI=1S/C25H25ClN4O5/c26-16-5-8-19-18(11-16)25(23(33)29-19)9-10-30(13-25)21(14-1-2-14)20(12-31)28-22(32)15-3-6-17(7-4-15)27-24(34)35/h3-8,11-12,14,20-21,27H,1-2,9-10,13H2,(H,28,32)(H,29,33)(H,34,35)/t20-,21?,25?/m1/s1. The van der Waals surface area contributed by atoms with E-state index in [9.17, 15) is 19.2 Å². The fraction of sp³-hybridized carbons (Fsp3) is 0.360. The lowest BCUT2D eigenvalue weighted by molar-refractivity contribution is -0.120. The maximum absolute atomic E-state index is 13.1. The van der Waals surface area contributed by atoms with Gasteiger partial charge in [-0.25, -0.2) is 4.79 Å². The predicted octanol–water partition coefficient (Wildman–Crippen LogP) is 3.10. The molecule has 3 aliphatic rings. The molecule has 1 saturated heterocycles. The smallest absolute Gasteiger partial charge is 0.409 e. The van der Waals surface area contributed by atoms with Crippen LogP contribution in [0.2, 0.25) is 5.02 Å². The van der Waals surface area contributed by atoms with Gasteiger partial charge in [0.15, 0.2) is 0 Å². The van der Waals surface area contributed by atoms with E-state index >= 15 is 0 Å². The van der Waals surface area contributed by atoms with Gasteiger partial charge in [-0.15, -0.1) is 0 Å². The minimum absolute atomic E-state index is 0.0615. The summed E-state index contributed by atoms with van der Waals surface area (Å²) in [6.45, 7) is 1.07. The van der Waals surface area contributed by atoms with Crippen molar-refractivity contribution in [3.05, 3.63) is 58.6 Å². The summed E-state index contributed by atoms with van der Waals surface area (Å²) >= 11 is 6.24. The van der Waals surface area contributed by atoms with E-state index < -0.39 is 23.5 Å². The van der Waals surface area contributed by atoms with Crippen molar-refractivity contribution in [2.24, 2.45) is 5.92 Å². The number of nitrogens with one attached hydrogen (secondary N) is 3. The van der Waals surface area contributed by atoms with Crippen molar-refractivity contribution in [3.8, 4) is 0 Å². The Morgan fingerprint density at radius 1 is 1.20 bits per heavy atom. The number of carboxylic acid groups (broad SMARTS) is 1. The second kappa shape index (κ2) is 8.98. The van der Waals surface area contributed by atoms with Crippen LogP contribution in [0.15, 0.2) is 42.5 Å². The molecule has 1 spiro atoms. The van der Waals surface area contributed by atoms with Gasteiger partial charge >= 0.3 is 6.09 Å². The number of carbonyl (C=O) groups excluding carboxylic acids is 3. The molecule has 1 aliphatic carbocycles. The van der Waals surface area contributed by atoms with Gasteiger partial charge < -0.3 is 20.5 Å². The third-order valence-corrected chi connectivity index (χ3v) is 7.45. The molecule has 10 heteroatoms. The van der Waals surface area contributed by atoms with Crippen LogP contribution in [0.3, 0.4) is 0 Å². The number of anilines is 2. The third kappa shape index (κ3) is 4.37. The van der Waals surface area contributed by atoms with Gasteiger partial charge in [0.25, 0.3) is 5.91 Å². The van der Waals surface area contributed by atoms with Crippen LogP contribution in [0.5, 0.6) is 0 Å². The van der Waals surface area contributed by atoms with Crippen LogP contribution in [0.25, 0.3) is 0 Å². The molecular weight excluding hydrogens is 472 g/mol. The summed E-state index contributed by atoms with van der Waals surface area (Å²) in [5, 5.41) is 17.4. The molecule has 2 aliphatic heterocycles. The Morgan fingerprint density at radius 3 is 2.60 bits per heavy atom. The topological polar surface area (TPSA) is 128 Å². The van der Waals surface area contributed by atoms with Crippen molar-refractivity contribution in [2.45, 2.75) is 36.8 Å².